The van der Waals surface area contributed by atoms with Crippen molar-refractivity contribution >= 4 is 21.6 Å². The third kappa shape index (κ3) is 3.20. The second-order valence-electron chi connectivity index (χ2n) is 3.68. The van der Waals surface area contributed by atoms with Gasteiger partial charge in [0.15, 0.2) is 0 Å². The fourth-order valence-corrected chi connectivity index (χ4v) is 1.88. The van der Waals surface area contributed by atoms with E-state index >= 15 is 0 Å². The lowest BCUT2D eigenvalue weighted by Crippen LogP contribution is -2.01. The summed E-state index contributed by atoms with van der Waals surface area (Å²) in [6.45, 7) is 0.602. The molecule has 0 fully saturated rings. The zero-order chi connectivity index (χ0) is 13.0. The SMILES string of the molecule is COc1ccc(Br)c(CNc2ccc(F)nc2)c1. The number of ether oxygens (including phenoxy) is 1. The summed E-state index contributed by atoms with van der Waals surface area (Å²) in [6, 6.07) is 8.72. The topological polar surface area (TPSA) is 34.1 Å². The van der Waals surface area contributed by atoms with Gasteiger partial charge in [-0.1, -0.05) is 15.9 Å². The Bertz CT molecular complexity index is 531. The van der Waals surface area contributed by atoms with Gasteiger partial charge in [0, 0.05) is 11.0 Å². The first-order valence-corrected chi connectivity index (χ1v) is 6.16. The van der Waals surface area contributed by atoms with E-state index in [1.165, 1.54) is 12.3 Å². The van der Waals surface area contributed by atoms with Crippen LogP contribution in [0.3, 0.4) is 0 Å². The maximum Gasteiger partial charge on any atom is 0.212 e. The summed E-state index contributed by atoms with van der Waals surface area (Å²) in [6.07, 6.45) is 1.46. The zero-order valence-corrected chi connectivity index (χ0v) is 11.4. The van der Waals surface area contributed by atoms with Crippen LogP contribution in [0.15, 0.2) is 41.0 Å². The van der Waals surface area contributed by atoms with Crippen molar-refractivity contribution in [2.75, 3.05) is 12.4 Å². The largest absolute Gasteiger partial charge is 0.497 e. The minimum Gasteiger partial charge on any atom is -0.497 e. The van der Waals surface area contributed by atoms with Crippen molar-refractivity contribution in [3.05, 3.63) is 52.5 Å². The average Bonchev–Trinajstić information content (AvgIpc) is 2.40. The van der Waals surface area contributed by atoms with Crippen LogP contribution in [0.4, 0.5) is 10.1 Å². The number of aromatic nitrogens is 1. The third-order valence-electron chi connectivity index (χ3n) is 2.46. The van der Waals surface area contributed by atoms with E-state index < -0.39 is 5.95 Å². The quantitative estimate of drug-likeness (QED) is 0.876. The molecule has 0 aliphatic carbocycles. The fraction of sp³-hybridized carbons (Fsp3) is 0.154. The molecule has 0 aliphatic heterocycles. The second-order valence-corrected chi connectivity index (χ2v) is 4.53. The Morgan fingerprint density at radius 1 is 1.33 bits per heavy atom. The van der Waals surface area contributed by atoms with Crippen LogP contribution in [0.25, 0.3) is 0 Å². The van der Waals surface area contributed by atoms with Crippen molar-refractivity contribution in [1.29, 1.82) is 0 Å². The van der Waals surface area contributed by atoms with Crippen LogP contribution in [0.2, 0.25) is 0 Å². The Morgan fingerprint density at radius 2 is 2.17 bits per heavy atom. The van der Waals surface area contributed by atoms with Gasteiger partial charge < -0.3 is 10.1 Å². The summed E-state index contributed by atoms with van der Waals surface area (Å²) in [5, 5.41) is 3.17. The number of nitrogens with one attached hydrogen (secondary N) is 1. The molecule has 0 spiro atoms. The number of anilines is 1. The Labute approximate surface area is 113 Å². The van der Waals surface area contributed by atoms with Crippen LogP contribution in [0, 0.1) is 5.95 Å². The minimum atomic E-state index is -0.483. The standard InChI is InChI=1S/C13H12BrFN2O/c1-18-11-3-4-12(14)9(6-11)7-16-10-2-5-13(15)17-8-10/h2-6,8,16H,7H2,1H3. The minimum absolute atomic E-state index is 0.483. The molecule has 1 aromatic heterocycles. The van der Waals surface area contributed by atoms with Gasteiger partial charge in [-0.15, -0.1) is 0 Å². The van der Waals surface area contributed by atoms with E-state index in [9.17, 15) is 4.39 Å². The van der Waals surface area contributed by atoms with Crippen molar-refractivity contribution < 1.29 is 9.13 Å². The number of nitrogens with zero attached hydrogens (tertiary/aromatic N) is 1. The highest BCUT2D eigenvalue weighted by Gasteiger charge is 2.02. The molecule has 0 unspecified atom stereocenters. The summed E-state index contributed by atoms with van der Waals surface area (Å²) in [5.74, 6) is 0.315. The molecule has 94 valence electrons. The van der Waals surface area contributed by atoms with Gasteiger partial charge in [-0.25, -0.2) is 4.98 Å². The van der Waals surface area contributed by atoms with E-state index in [2.05, 4.69) is 26.2 Å². The van der Waals surface area contributed by atoms with Crippen molar-refractivity contribution in [3.8, 4) is 5.75 Å². The van der Waals surface area contributed by atoms with Crippen LogP contribution in [-0.4, -0.2) is 12.1 Å². The summed E-state index contributed by atoms with van der Waals surface area (Å²) < 4.78 is 18.8. The maximum atomic E-state index is 12.6. The van der Waals surface area contributed by atoms with Crippen LogP contribution in [0.5, 0.6) is 5.75 Å². The first-order valence-electron chi connectivity index (χ1n) is 5.37. The summed E-state index contributed by atoms with van der Waals surface area (Å²) in [5.41, 5.74) is 1.82. The van der Waals surface area contributed by atoms with Gasteiger partial charge in [0.2, 0.25) is 5.95 Å². The maximum absolute atomic E-state index is 12.6. The molecule has 2 aromatic rings. The number of hydrogen-bond acceptors (Lipinski definition) is 3. The molecule has 3 nitrogen and oxygen atoms in total. The van der Waals surface area contributed by atoms with E-state index in [1.54, 1.807) is 13.2 Å². The van der Waals surface area contributed by atoms with E-state index in [0.717, 1.165) is 21.5 Å². The molecule has 0 saturated carbocycles. The lowest BCUT2D eigenvalue weighted by atomic mass is 10.2. The van der Waals surface area contributed by atoms with Crippen molar-refractivity contribution in [1.82, 2.24) is 4.98 Å². The van der Waals surface area contributed by atoms with E-state index in [1.807, 2.05) is 18.2 Å². The van der Waals surface area contributed by atoms with Gasteiger partial charge in [-0.2, -0.15) is 4.39 Å². The molecule has 0 aliphatic rings. The molecule has 0 atom stereocenters. The van der Waals surface area contributed by atoms with E-state index in [0.29, 0.717) is 6.54 Å². The Hall–Kier alpha value is -1.62. The van der Waals surface area contributed by atoms with Crippen molar-refractivity contribution in [3.63, 3.8) is 0 Å². The molecule has 1 aromatic carbocycles. The van der Waals surface area contributed by atoms with Crippen molar-refractivity contribution in [2.45, 2.75) is 6.54 Å². The Morgan fingerprint density at radius 3 is 2.83 bits per heavy atom. The predicted molar refractivity (Wildman–Crippen MR) is 72.2 cm³/mol. The van der Waals surface area contributed by atoms with Gasteiger partial charge in [-0.05, 0) is 35.9 Å². The zero-order valence-electron chi connectivity index (χ0n) is 9.78. The van der Waals surface area contributed by atoms with Crippen LogP contribution in [0.1, 0.15) is 5.56 Å². The molecule has 0 amide bonds. The Balaban J connectivity index is 2.07. The molecule has 5 heteroatoms. The molecule has 0 bridgehead atoms. The van der Waals surface area contributed by atoms with Crippen molar-refractivity contribution in [2.24, 2.45) is 0 Å². The number of hydrogen-bond donors (Lipinski definition) is 1. The summed E-state index contributed by atoms with van der Waals surface area (Å²) in [4.78, 5) is 3.58. The highest BCUT2D eigenvalue weighted by atomic mass is 79.9. The molecule has 18 heavy (non-hydrogen) atoms. The highest BCUT2D eigenvalue weighted by molar-refractivity contribution is 9.10. The molecule has 1 heterocycles. The molecule has 2 rings (SSSR count). The molecular weight excluding hydrogens is 299 g/mol. The first kappa shape index (κ1) is 12.8. The number of halogens is 2. The predicted octanol–water partition coefficient (Wildman–Crippen LogP) is 3.60. The van der Waals surface area contributed by atoms with E-state index in [-0.39, 0.29) is 0 Å². The lowest BCUT2D eigenvalue weighted by Gasteiger charge is -2.09. The smallest absolute Gasteiger partial charge is 0.212 e. The lowest BCUT2D eigenvalue weighted by molar-refractivity contribution is 0.414. The second kappa shape index (κ2) is 5.82. The normalized spacial score (nSPS) is 10.2. The molecular formula is C13H12BrFN2O. The van der Waals surface area contributed by atoms with Crippen LogP contribution < -0.4 is 10.1 Å². The van der Waals surface area contributed by atoms with Crippen LogP contribution in [-0.2, 0) is 6.54 Å². The monoisotopic (exact) mass is 310 g/mol. The summed E-state index contributed by atoms with van der Waals surface area (Å²) >= 11 is 3.47. The van der Waals surface area contributed by atoms with Gasteiger partial charge >= 0.3 is 0 Å². The highest BCUT2D eigenvalue weighted by Crippen LogP contribution is 2.23. The van der Waals surface area contributed by atoms with E-state index in [4.69, 9.17) is 4.74 Å². The van der Waals surface area contributed by atoms with Gasteiger partial charge in [0.25, 0.3) is 0 Å². The van der Waals surface area contributed by atoms with Gasteiger partial charge in [0.05, 0.1) is 19.0 Å². The fourth-order valence-electron chi connectivity index (χ4n) is 1.49. The first-order chi connectivity index (χ1) is 8.69. The average molecular weight is 311 g/mol. The molecule has 0 saturated heterocycles. The third-order valence-corrected chi connectivity index (χ3v) is 3.24. The number of rotatable bonds is 4. The summed E-state index contributed by atoms with van der Waals surface area (Å²) in [7, 11) is 1.63. The molecule has 0 radical (unpaired) electrons. The van der Waals surface area contributed by atoms with Gasteiger partial charge in [0.1, 0.15) is 5.75 Å². The number of pyridine rings is 1. The van der Waals surface area contributed by atoms with Gasteiger partial charge in [-0.3, -0.25) is 0 Å². The number of benzene rings is 1. The Kier molecular flexibility index (Phi) is 4.15. The number of methoxy groups -OCH3 is 1. The van der Waals surface area contributed by atoms with Crippen LogP contribution >= 0.6 is 15.9 Å². The molecule has 1 N–H and O–H groups in total.